The van der Waals surface area contributed by atoms with Gasteiger partial charge in [0.1, 0.15) is 5.92 Å². The summed E-state index contributed by atoms with van der Waals surface area (Å²) >= 11 is 3.37. The molecule has 102 valence electrons. The minimum absolute atomic E-state index is 0.104. The molecule has 1 aromatic rings. The predicted molar refractivity (Wildman–Crippen MR) is 86.2 cm³/mol. The number of nitrogens with zero attached hydrogens (tertiary/aromatic N) is 3. The van der Waals surface area contributed by atoms with E-state index in [0.717, 1.165) is 46.1 Å². The molecule has 0 saturated carbocycles. The standard InChI is InChI=1S/C14H13N3OS2/c18-13-11(12-15-5-7-19-12)9-3-1-2-4-10(9)17(13)14-16-6-8-20-14/h1-4,11H,5-8H2. The van der Waals surface area contributed by atoms with Gasteiger partial charge in [-0.25, -0.2) is 0 Å². The minimum Gasteiger partial charge on any atom is -0.281 e. The Hall–Kier alpha value is -1.27. The number of amidine groups is 1. The van der Waals surface area contributed by atoms with Crippen LogP contribution in [0.3, 0.4) is 0 Å². The van der Waals surface area contributed by atoms with Crippen LogP contribution in [0.4, 0.5) is 5.69 Å². The molecule has 0 saturated heterocycles. The number of hydrogen-bond acceptors (Lipinski definition) is 5. The number of hydrogen-bond donors (Lipinski definition) is 0. The summed E-state index contributed by atoms with van der Waals surface area (Å²) in [6, 6.07) is 8.02. The van der Waals surface area contributed by atoms with Gasteiger partial charge in [-0.1, -0.05) is 30.0 Å². The topological polar surface area (TPSA) is 45.0 Å². The number of thioether (sulfide) groups is 2. The monoisotopic (exact) mass is 303 g/mol. The highest BCUT2D eigenvalue weighted by molar-refractivity contribution is 8.14. The smallest absolute Gasteiger partial charge is 0.247 e. The molecule has 0 bridgehead atoms. The zero-order valence-electron chi connectivity index (χ0n) is 10.8. The molecule has 3 aliphatic heterocycles. The van der Waals surface area contributed by atoms with E-state index in [9.17, 15) is 4.79 Å². The first-order chi connectivity index (χ1) is 9.86. The van der Waals surface area contributed by atoms with E-state index in [-0.39, 0.29) is 11.8 Å². The predicted octanol–water partition coefficient (Wildman–Crippen LogP) is 2.36. The highest BCUT2D eigenvalue weighted by Gasteiger charge is 2.43. The average Bonchev–Trinajstić information content (AvgIpc) is 3.16. The Morgan fingerprint density at radius 2 is 1.90 bits per heavy atom. The molecule has 0 spiro atoms. The molecule has 4 rings (SSSR count). The largest absolute Gasteiger partial charge is 0.281 e. The molecule has 1 aromatic carbocycles. The lowest BCUT2D eigenvalue weighted by Gasteiger charge is -2.16. The van der Waals surface area contributed by atoms with Crippen LogP contribution in [0.25, 0.3) is 0 Å². The second-order valence-electron chi connectivity index (χ2n) is 4.75. The van der Waals surface area contributed by atoms with E-state index in [1.807, 2.05) is 24.3 Å². The summed E-state index contributed by atoms with van der Waals surface area (Å²) in [6.45, 7) is 1.62. The number of aliphatic imine (C=N–C) groups is 2. The fraction of sp³-hybridized carbons (Fsp3) is 0.357. The van der Waals surface area contributed by atoms with E-state index in [2.05, 4.69) is 9.98 Å². The van der Waals surface area contributed by atoms with Gasteiger partial charge in [0.15, 0.2) is 5.17 Å². The zero-order valence-corrected chi connectivity index (χ0v) is 12.4. The van der Waals surface area contributed by atoms with E-state index in [1.54, 1.807) is 28.4 Å². The van der Waals surface area contributed by atoms with Crippen LogP contribution in [-0.4, -0.2) is 40.7 Å². The molecule has 0 aromatic heterocycles. The van der Waals surface area contributed by atoms with Crippen LogP contribution >= 0.6 is 23.5 Å². The van der Waals surface area contributed by atoms with E-state index in [4.69, 9.17) is 0 Å². The molecular weight excluding hydrogens is 290 g/mol. The summed E-state index contributed by atoms with van der Waals surface area (Å²) < 4.78 is 0. The van der Waals surface area contributed by atoms with Crippen molar-refractivity contribution in [3.05, 3.63) is 29.8 Å². The normalized spacial score (nSPS) is 24.9. The Morgan fingerprint density at radius 1 is 1.10 bits per heavy atom. The third-order valence-electron chi connectivity index (χ3n) is 3.57. The summed E-state index contributed by atoms with van der Waals surface area (Å²) in [5.41, 5.74) is 2.05. The van der Waals surface area contributed by atoms with Gasteiger partial charge in [-0.2, -0.15) is 0 Å². The van der Waals surface area contributed by atoms with Crippen molar-refractivity contribution in [2.75, 3.05) is 29.5 Å². The van der Waals surface area contributed by atoms with Gasteiger partial charge in [-0.05, 0) is 11.6 Å². The van der Waals surface area contributed by atoms with Gasteiger partial charge in [-0.3, -0.25) is 19.7 Å². The fourth-order valence-corrected chi connectivity index (χ4v) is 4.57. The minimum atomic E-state index is -0.220. The number of benzene rings is 1. The van der Waals surface area contributed by atoms with Crippen LogP contribution in [-0.2, 0) is 4.79 Å². The fourth-order valence-electron chi connectivity index (χ4n) is 2.74. The van der Waals surface area contributed by atoms with Gasteiger partial charge in [0.25, 0.3) is 0 Å². The van der Waals surface area contributed by atoms with Crippen molar-refractivity contribution in [1.29, 1.82) is 0 Å². The SMILES string of the molecule is O=C1C(C2=NCCS2)c2ccccc2N1C1=NCCS1. The van der Waals surface area contributed by atoms with Crippen molar-refractivity contribution in [2.45, 2.75) is 5.92 Å². The first-order valence-electron chi connectivity index (χ1n) is 6.63. The molecular formula is C14H13N3OS2. The Morgan fingerprint density at radius 3 is 2.65 bits per heavy atom. The van der Waals surface area contributed by atoms with Gasteiger partial charge in [0, 0.05) is 18.1 Å². The zero-order chi connectivity index (χ0) is 13.5. The van der Waals surface area contributed by atoms with Gasteiger partial charge in [0.2, 0.25) is 5.91 Å². The lowest BCUT2D eigenvalue weighted by atomic mass is 10.0. The molecule has 0 fully saturated rings. The van der Waals surface area contributed by atoms with Crippen LogP contribution in [0.2, 0.25) is 0 Å². The molecule has 0 aliphatic carbocycles. The Kier molecular flexibility index (Phi) is 3.07. The first-order valence-corrected chi connectivity index (χ1v) is 8.60. The van der Waals surface area contributed by atoms with E-state index < -0.39 is 0 Å². The molecule has 1 atom stereocenters. The molecule has 3 aliphatic rings. The molecule has 4 nitrogen and oxygen atoms in total. The molecule has 20 heavy (non-hydrogen) atoms. The van der Waals surface area contributed by atoms with Crippen LogP contribution in [0.1, 0.15) is 11.5 Å². The number of para-hydroxylation sites is 1. The van der Waals surface area contributed by atoms with Crippen molar-refractivity contribution >= 4 is 45.3 Å². The average molecular weight is 303 g/mol. The van der Waals surface area contributed by atoms with Gasteiger partial charge in [0.05, 0.1) is 17.3 Å². The highest BCUT2D eigenvalue weighted by Crippen LogP contribution is 2.42. The molecule has 1 amide bonds. The Bertz CT molecular complexity index is 588. The van der Waals surface area contributed by atoms with Crippen LogP contribution in [0.15, 0.2) is 34.3 Å². The number of fused-ring (bicyclic) bond motifs is 1. The summed E-state index contributed by atoms with van der Waals surface area (Å²) in [7, 11) is 0. The van der Waals surface area contributed by atoms with Gasteiger partial charge >= 0.3 is 0 Å². The van der Waals surface area contributed by atoms with Crippen molar-refractivity contribution in [3.8, 4) is 0 Å². The van der Waals surface area contributed by atoms with Crippen molar-refractivity contribution in [2.24, 2.45) is 9.98 Å². The van der Waals surface area contributed by atoms with Crippen molar-refractivity contribution in [3.63, 3.8) is 0 Å². The lowest BCUT2D eigenvalue weighted by Crippen LogP contribution is -2.34. The summed E-state index contributed by atoms with van der Waals surface area (Å²) in [5, 5.41) is 1.81. The van der Waals surface area contributed by atoms with E-state index >= 15 is 0 Å². The Balaban J connectivity index is 1.81. The summed E-state index contributed by atoms with van der Waals surface area (Å²) in [5.74, 6) is 1.83. The quantitative estimate of drug-likeness (QED) is 0.800. The maximum absolute atomic E-state index is 12.9. The molecule has 0 N–H and O–H groups in total. The Labute approximate surface area is 125 Å². The molecule has 6 heteroatoms. The van der Waals surface area contributed by atoms with Gasteiger partial charge < -0.3 is 0 Å². The maximum atomic E-state index is 12.9. The molecule has 1 unspecified atom stereocenters. The third-order valence-corrected chi connectivity index (χ3v) is 5.58. The molecule has 3 heterocycles. The maximum Gasteiger partial charge on any atom is 0.247 e. The first kappa shape index (κ1) is 12.5. The summed E-state index contributed by atoms with van der Waals surface area (Å²) in [4.78, 5) is 23.6. The number of carbonyl (C=O) groups is 1. The second kappa shape index (κ2) is 4.93. The highest BCUT2D eigenvalue weighted by atomic mass is 32.2. The number of amides is 1. The van der Waals surface area contributed by atoms with Crippen LogP contribution in [0, 0.1) is 0 Å². The van der Waals surface area contributed by atoms with Crippen LogP contribution in [0.5, 0.6) is 0 Å². The van der Waals surface area contributed by atoms with Gasteiger partial charge in [-0.15, -0.1) is 11.8 Å². The van der Waals surface area contributed by atoms with Crippen LogP contribution < -0.4 is 4.90 Å². The number of rotatable bonds is 1. The number of carbonyl (C=O) groups excluding carboxylic acids is 1. The van der Waals surface area contributed by atoms with Crippen molar-refractivity contribution < 1.29 is 4.79 Å². The second-order valence-corrected chi connectivity index (χ2v) is 6.92. The van der Waals surface area contributed by atoms with Crippen molar-refractivity contribution in [1.82, 2.24) is 0 Å². The molecule has 0 radical (unpaired) electrons. The van der Waals surface area contributed by atoms with E-state index in [0.29, 0.717) is 0 Å². The van der Waals surface area contributed by atoms with E-state index in [1.165, 1.54) is 0 Å². The lowest BCUT2D eigenvalue weighted by molar-refractivity contribution is -0.117. The summed E-state index contributed by atoms with van der Waals surface area (Å²) in [6.07, 6.45) is 0. The number of anilines is 1. The third kappa shape index (κ3) is 1.82.